The van der Waals surface area contributed by atoms with Gasteiger partial charge in [-0.2, -0.15) is 0 Å². The predicted octanol–water partition coefficient (Wildman–Crippen LogP) is 2.78. The van der Waals surface area contributed by atoms with Crippen LogP contribution < -0.4 is 9.64 Å². The van der Waals surface area contributed by atoms with E-state index in [9.17, 15) is 4.79 Å². The second-order valence-corrected chi connectivity index (χ2v) is 5.97. The van der Waals surface area contributed by atoms with Crippen LogP contribution in [0.5, 0.6) is 5.75 Å². The topological polar surface area (TPSA) is 45.7 Å². The van der Waals surface area contributed by atoms with E-state index < -0.39 is 0 Å². The Morgan fingerprint density at radius 3 is 2.67 bits per heavy atom. The number of hydrogen-bond acceptors (Lipinski definition) is 4. The van der Waals surface area contributed by atoms with Gasteiger partial charge in [0.05, 0.1) is 7.11 Å². The van der Waals surface area contributed by atoms with Crippen molar-refractivity contribution >= 4 is 22.6 Å². The van der Waals surface area contributed by atoms with Crippen LogP contribution in [0.4, 0.5) is 5.82 Å². The van der Waals surface area contributed by atoms with Gasteiger partial charge in [-0.05, 0) is 37.6 Å². The number of aryl methyl sites for hydroxylation is 1. The van der Waals surface area contributed by atoms with Crippen LogP contribution in [0.25, 0.3) is 10.9 Å². The Labute approximate surface area is 142 Å². The van der Waals surface area contributed by atoms with Crippen LogP contribution in [0, 0.1) is 6.92 Å². The van der Waals surface area contributed by atoms with Gasteiger partial charge >= 0.3 is 0 Å². The molecule has 0 spiro atoms. The highest BCUT2D eigenvalue weighted by Crippen LogP contribution is 2.29. The number of pyridine rings is 1. The number of rotatable bonds is 3. The van der Waals surface area contributed by atoms with Crippen molar-refractivity contribution in [3.05, 3.63) is 42.0 Å². The molecule has 0 saturated carbocycles. The first-order valence-corrected chi connectivity index (χ1v) is 8.25. The third-order valence-corrected chi connectivity index (χ3v) is 4.44. The van der Waals surface area contributed by atoms with Crippen molar-refractivity contribution < 1.29 is 9.53 Å². The molecule has 2 heterocycles. The van der Waals surface area contributed by atoms with Crippen LogP contribution in [0.15, 0.2) is 36.4 Å². The second kappa shape index (κ2) is 6.91. The quantitative estimate of drug-likeness (QED) is 0.814. The standard InChI is InChI=1S/C19H23N3O2/c1-4-6-18(23)22-11-9-21(10-12-22)17-13-14(2)15-7-5-8-16(24-3)19(15)20-17/h4-8,13H,9-12H2,1-3H3/b6-4+. The summed E-state index contributed by atoms with van der Waals surface area (Å²) in [7, 11) is 1.67. The summed E-state index contributed by atoms with van der Waals surface area (Å²) in [5.74, 6) is 1.82. The Balaban J connectivity index is 1.85. The van der Waals surface area contributed by atoms with Crippen LogP contribution in [0.3, 0.4) is 0 Å². The Morgan fingerprint density at radius 1 is 1.25 bits per heavy atom. The molecule has 24 heavy (non-hydrogen) atoms. The number of amides is 1. The molecule has 1 aliphatic rings. The lowest BCUT2D eigenvalue weighted by atomic mass is 10.1. The molecule has 0 unspecified atom stereocenters. The Kier molecular flexibility index (Phi) is 4.69. The lowest BCUT2D eigenvalue weighted by molar-refractivity contribution is -0.126. The number of anilines is 1. The molecule has 5 nitrogen and oxygen atoms in total. The van der Waals surface area contributed by atoms with E-state index in [2.05, 4.69) is 24.0 Å². The van der Waals surface area contributed by atoms with Crippen molar-refractivity contribution in [2.45, 2.75) is 13.8 Å². The van der Waals surface area contributed by atoms with Gasteiger partial charge in [0.2, 0.25) is 5.91 Å². The zero-order valence-corrected chi connectivity index (χ0v) is 14.5. The normalized spacial score (nSPS) is 15.3. The third kappa shape index (κ3) is 3.07. The van der Waals surface area contributed by atoms with E-state index in [-0.39, 0.29) is 5.91 Å². The van der Waals surface area contributed by atoms with Gasteiger partial charge in [-0.1, -0.05) is 18.2 Å². The summed E-state index contributed by atoms with van der Waals surface area (Å²) in [6.45, 7) is 6.97. The lowest BCUT2D eigenvalue weighted by Crippen LogP contribution is -2.48. The molecule has 1 aromatic heterocycles. The van der Waals surface area contributed by atoms with Crippen LogP contribution in [0.2, 0.25) is 0 Å². The second-order valence-electron chi connectivity index (χ2n) is 5.97. The average molecular weight is 325 g/mol. The molecular weight excluding hydrogens is 302 g/mol. The molecule has 1 aromatic carbocycles. The number of fused-ring (bicyclic) bond motifs is 1. The van der Waals surface area contributed by atoms with Gasteiger partial charge in [0.1, 0.15) is 17.1 Å². The largest absolute Gasteiger partial charge is 0.494 e. The zero-order valence-electron chi connectivity index (χ0n) is 14.5. The summed E-state index contributed by atoms with van der Waals surface area (Å²) in [6.07, 6.45) is 3.41. The highest BCUT2D eigenvalue weighted by atomic mass is 16.5. The number of carbonyl (C=O) groups is 1. The van der Waals surface area contributed by atoms with Crippen molar-refractivity contribution in [3.63, 3.8) is 0 Å². The van der Waals surface area contributed by atoms with Crippen LogP contribution >= 0.6 is 0 Å². The van der Waals surface area contributed by atoms with Gasteiger partial charge in [0, 0.05) is 31.6 Å². The SMILES string of the molecule is C/C=C/C(=O)N1CCN(c2cc(C)c3cccc(OC)c3n2)CC1. The van der Waals surface area contributed by atoms with Gasteiger partial charge < -0.3 is 14.5 Å². The average Bonchev–Trinajstić information content (AvgIpc) is 2.61. The monoisotopic (exact) mass is 325 g/mol. The maximum absolute atomic E-state index is 11.9. The molecule has 126 valence electrons. The number of benzene rings is 1. The number of para-hydroxylation sites is 1. The van der Waals surface area contributed by atoms with E-state index in [0.29, 0.717) is 13.1 Å². The first-order valence-electron chi connectivity index (χ1n) is 8.25. The fourth-order valence-electron chi connectivity index (χ4n) is 3.10. The summed E-state index contributed by atoms with van der Waals surface area (Å²) in [4.78, 5) is 20.9. The summed E-state index contributed by atoms with van der Waals surface area (Å²) in [5, 5.41) is 1.11. The number of hydrogen-bond donors (Lipinski definition) is 0. The van der Waals surface area contributed by atoms with Crippen molar-refractivity contribution in [1.82, 2.24) is 9.88 Å². The van der Waals surface area contributed by atoms with E-state index in [1.165, 1.54) is 5.56 Å². The highest BCUT2D eigenvalue weighted by molar-refractivity contribution is 5.89. The Bertz CT molecular complexity index is 778. The molecule has 1 saturated heterocycles. The first kappa shape index (κ1) is 16.3. The van der Waals surface area contributed by atoms with Gasteiger partial charge in [-0.3, -0.25) is 4.79 Å². The van der Waals surface area contributed by atoms with Gasteiger partial charge in [-0.25, -0.2) is 4.98 Å². The molecule has 0 radical (unpaired) electrons. The van der Waals surface area contributed by atoms with Crippen LogP contribution in [-0.2, 0) is 4.79 Å². The number of methoxy groups -OCH3 is 1. The molecule has 0 atom stereocenters. The summed E-state index contributed by atoms with van der Waals surface area (Å²) >= 11 is 0. The Morgan fingerprint density at radius 2 is 2.00 bits per heavy atom. The van der Waals surface area contributed by atoms with E-state index in [1.54, 1.807) is 19.3 Å². The van der Waals surface area contributed by atoms with E-state index in [1.807, 2.05) is 24.0 Å². The number of aromatic nitrogens is 1. The molecule has 1 aliphatic heterocycles. The van der Waals surface area contributed by atoms with Crippen molar-refractivity contribution in [3.8, 4) is 5.75 Å². The van der Waals surface area contributed by atoms with E-state index >= 15 is 0 Å². The molecule has 0 aliphatic carbocycles. The van der Waals surface area contributed by atoms with Gasteiger partial charge in [-0.15, -0.1) is 0 Å². The van der Waals surface area contributed by atoms with Crippen molar-refractivity contribution in [1.29, 1.82) is 0 Å². The van der Waals surface area contributed by atoms with Crippen molar-refractivity contribution in [2.75, 3.05) is 38.2 Å². The molecule has 0 N–H and O–H groups in total. The maximum atomic E-state index is 11.9. The maximum Gasteiger partial charge on any atom is 0.246 e. The molecule has 0 bridgehead atoms. The van der Waals surface area contributed by atoms with Crippen molar-refractivity contribution in [2.24, 2.45) is 0 Å². The number of allylic oxidation sites excluding steroid dienone is 1. The molecular formula is C19H23N3O2. The number of ether oxygens (including phenoxy) is 1. The van der Waals surface area contributed by atoms with Gasteiger partial charge in [0.15, 0.2) is 0 Å². The van der Waals surface area contributed by atoms with E-state index in [0.717, 1.165) is 35.6 Å². The molecule has 1 amide bonds. The fraction of sp³-hybridized carbons (Fsp3) is 0.368. The number of piperazine rings is 1. The minimum absolute atomic E-state index is 0.0847. The minimum atomic E-state index is 0.0847. The molecule has 2 aromatic rings. The fourth-order valence-corrected chi connectivity index (χ4v) is 3.10. The first-order chi connectivity index (χ1) is 11.6. The molecule has 1 fully saturated rings. The van der Waals surface area contributed by atoms with Crippen LogP contribution in [0.1, 0.15) is 12.5 Å². The zero-order chi connectivity index (χ0) is 17.1. The Hall–Kier alpha value is -2.56. The smallest absolute Gasteiger partial charge is 0.246 e. The highest BCUT2D eigenvalue weighted by Gasteiger charge is 2.21. The van der Waals surface area contributed by atoms with Gasteiger partial charge in [0.25, 0.3) is 0 Å². The summed E-state index contributed by atoms with van der Waals surface area (Å²) < 4.78 is 5.46. The third-order valence-electron chi connectivity index (χ3n) is 4.44. The van der Waals surface area contributed by atoms with E-state index in [4.69, 9.17) is 9.72 Å². The summed E-state index contributed by atoms with van der Waals surface area (Å²) in [6, 6.07) is 8.11. The molecule has 5 heteroatoms. The molecule has 3 rings (SSSR count). The minimum Gasteiger partial charge on any atom is -0.494 e. The lowest BCUT2D eigenvalue weighted by Gasteiger charge is -2.35. The summed E-state index contributed by atoms with van der Waals surface area (Å²) in [5.41, 5.74) is 2.07. The number of carbonyl (C=O) groups excluding carboxylic acids is 1. The predicted molar refractivity (Wildman–Crippen MR) is 96.6 cm³/mol. The van der Waals surface area contributed by atoms with Crippen LogP contribution in [-0.4, -0.2) is 49.1 Å². The number of nitrogens with zero attached hydrogens (tertiary/aromatic N) is 3.